The Labute approximate surface area is 158 Å². The molecular weight excluding hydrogens is 334 g/mol. The number of aryl methyl sites for hydroxylation is 1. The van der Waals surface area contributed by atoms with Crippen molar-refractivity contribution >= 4 is 16.6 Å². The summed E-state index contributed by atoms with van der Waals surface area (Å²) in [6.45, 7) is 2.78. The fourth-order valence-electron chi connectivity index (χ4n) is 3.22. The number of nitrogens with one attached hydrogen (secondary N) is 1. The number of hydrogen-bond acceptors (Lipinski definition) is 4. The van der Waals surface area contributed by atoms with E-state index in [2.05, 4.69) is 58.6 Å². The number of aromatic nitrogens is 2. The second kappa shape index (κ2) is 7.46. The zero-order valence-corrected chi connectivity index (χ0v) is 15.4. The highest BCUT2D eigenvalue weighted by atomic mass is 16.5. The Morgan fingerprint density at radius 3 is 2.52 bits per heavy atom. The van der Waals surface area contributed by atoms with E-state index in [0.717, 1.165) is 34.4 Å². The largest absolute Gasteiger partial charge is 0.496 e. The topological polar surface area (TPSA) is 47.0 Å². The number of methoxy groups -OCH3 is 1. The molecule has 0 saturated heterocycles. The van der Waals surface area contributed by atoms with Gasteiger partial charge in [0.1, 0.15) is 11.6 Å². The second-order valence-electron chi connectivity index (χ2n) is 6.49. The number of hydrogen-bond donors (Lipinski definition) is 1. The first kappa shape index (κ1) is 17.0. The maximum Gasteiger partial charge on any atom is 0.134 e. The van der Waals surface area contributed by atoms with Crippen LogP contribution in [-0.4, -0.2) is 17.1 Å². The van der Waals surface area contributed by atoms with E-state index in [-0.39, 0.29) is 0 Å². The minimum atomic E-state index is 0.719. The van der Waals surface area contributed by atoms with Crippen LogP contribution >= 0.6 is 0 Å². The van der Waals surface area contributed by atoms with Crippen LogP contribution in [0.3, 0.4) is 0 Å². The molecule has 134 valence electrons. The van der Waals surface area contributed by atoms with Crippen molar-refractivity contribution in [2.75, 3.05) is 12.4 Å². The molecule has 0 saturated carbocycles. The fourth-order valence-corrected chi connectivity index (χ4v) is 3.22. The van der Waals surface area contributed by atoms with Gasteiger partial charge in [-0.05, 0) is 53.4 Å². The number of fused-ring (bicyclic) bond motifs is 1. The van der Waals surface area contributed by atoms with Crippen LogP contribution in [0.4, 0.5) is 5.82 Å². The van der Waals surface area contributed by atoms with Crippen LogP contribution in [0.2, 0.25) is 0 Å². The molecule has 2 aromatic heterocycles. The molecule has 0 fully saturated rings. The minimum absolute atomic E-state index is 0.719. The van der Waals surface area contributed by atoms with Gasteiger partial charge in [0.25, 0.3) is 0 Å². The van der Waals surface area contributed by atoms with Crippen LogP contribution in [0.5, 0.6) is 5.75 Å². The molecule has 0 amide bonds. The predicted octanol–water partition coefficient (Wildman–Crippen LogP) is 5.23. The number of benzene rings is 2. The first-order valence-electron chi connectivity index (χ1n) is 8.91. The first-order chi connectivity index (χ1) is 13.2. The molecule has 0 radical (unpaired) electrons. The molecule has 0 spiro atoms. The highest BCUT2D eigenvalue weighted by molar-refractivity contribution is 5.90. The summed E-state index contributed by atoms with van der Waals surface area (Å²) in [6, 6.07) is 18.8. The molecule has 0 atom stereocenters. The monoisotopic (exact) mass is 355 g/mol. The number of ether oxygens (including phenoxy) is 1. The number of pyridine rings is 2. The minimum Gasteiger partial charge on any atom is -0.496 e. The van der Waals surface area contributed by atoms with Gasteiger partial charge >= 0.3 is 0 Å². The van der Waals surface area contributed by atoms with Crippen LogP contribution in [0, 0.1) is 6.92 Å². The van der Waals surface area contributed by atoms with E-state index in [1.165, 1.54) is 16.7 Å². The third kappa shape index (κ3) is 3.60. The summed E-state index contributed by atoms with van der Waals surface area (Å²) in [5.41, 5.74) is 4.73. The molecule has 2 heterocycles. The zero-order chi connectivity index (χ0) is 18.6. The molecule has 4 heteroatoms. The van der Waals surface area contributed by atoms with Gasteiger partial charge in [-0.2, -0.15) is 0 Å². The molecular formula is C23H21N3O. The van der Waals surface area contributed by atoms with Gasteiger partial charge in [0, 0.05) is 35.9 Å². The SMILES string of the molecule is COc1ccc(-c2ccc(CNc3nccc4cnccc34)cc2)cc1C. The van der Waals surface area contributed by atoms with E-state index >= 15 is 0 Å². The van der Waals surface area contributed by atoms with Crippen LogP contribution in [0.25, 0.3) is 21.9 Å². The highest BCUT2D eigenvalue weighted by Gasteiger charge is 2.04. The Balaban J connectivity index is 1.50. The lowest BCUT2D eigenvalue weighted by Crippen LogP contribution is -2.01. The smallest absolute Gasteiger partial charge is 0.134 e. The van der Waals surface area contributed by atoms with Crippen molar-refractivity contribution in [2.24, 2.45) is 0 Å². The molecule has 27 heavy (non-hydrogen) atoms. The molecule has 0 aliphatic heterocycles. The van der Waals surface area contributed by atoms with E-state index in [1.807, 2.05) is 24.4 Å². The molecule has 0 aliphatic rings. The molecule has 4 nitrogen and oxygen atoms in total. The van der Waals surface area contributed by atoms with Crippen LogP contribution in [0.15, 0.2) is 73.2 Å². The first-order valence-corrected chi connectivity index (χ1v) is 8.91. The van der Waals surface area contributed by atoms with E-state index < -0.39 is 0 Å². The molecule has 4 rings (SSSR count). The summed E-state index contributed by atoms with van der Waals surface area (Å²) >= 11 is 0. The van der Waals surface area contributed by atoms with Gasteiger partial charge in [-0.15, -0.1) is 0 Å². The lowest BCUT2D eigenvalue weighted by molar-refractivity contribution is 0.412. The average molecular weight is 355 g/mol. The Morgan fingerprint density at radius 1 is 0.926 bits per heavy atom. The quantitative estimate of drug-likeness (QED) is 0.533. The van der Waals surface area contributed by atoms with E-state index in [4.69, 9.17) is 4.74 Å². The Morgan fingerprint density at radius 2 is 1.74 bits per heavy atom. The summed E-state index contributed by atoms with van der Waals surface area (Å²) in [5, 5.41) is 5.60. The van der Waals surface area contributed by atoms with Gasteiger partial charge in [-0.25, -0.2) is 4.98 Å². The number of rotatable bonds is 5. The van der Waals surface area contributed by atoms with E-state index in [0.29, 0.717) is 0 Å². The Bertz CT molecular complexity index is 1070. The molecule has 0 bridgehead atoms. The standard InChI is InChI=1S/C23H21N3O/c1-16-13-19(7-8-22(16)27-2)18-5-3-17(4-6-18)14-26-23-21-10-11-24-15-20(21)9-12-25-23/h3-13,15H,14H2,1-2H3,(H,25,26). The number of nitrogens with zero attached hydrogens (tertiary/aromatic N) is 2. The van der Waals surface area contributed by atoms with Crippen molar-refractivity contribution in [3.8, 4) is 16.9 Å². The van der Waals surface area contributed by atoms with Crippen molar-refractivity contribution in [3.05, 3.63) is 84.3 Å². The van der Waals surface area contributed by atoms with Crippen molar-refractivity contribution in [3.63, 3.8) is 0 Å². The maximum atomic E-state index is 5.34. The van der Waals surface area contributed by atoms with Crippen molar-refractivity contribution < 1.29 is 4.74 Å². The van der Waals surface area contributed by atoms with Crippen molar-refractivity contribution in [2.45, 2.75) is 13.5 Å². The van der Waals surface area contributed by atoms with E-state index in [1.54, 1.807) is 19.5 Å². The summed E-state index contributed by atoms with van der Waals surface area (Å²) in [6.07, 6.45) is 5.45. The fraction of sp³-hybridized carbons (Fsp3) is 0.130. The third-order valence-corrected chi connectivity index (χ3v) is 4.71. The summed E-state index contributed by atoms with van der Waals surface area (Å²) in [4.78, 5) is 8.63. The van der Waals surface area contributed by atoms with Crippen LogP contribution < -0.4 is 10.1 Å². The maximum absolute atomic E-state index is 5.34. The summed E-state index contributed by atoms with van der Waals surface area (Å²) in [7, 11) is 1.70. The van der Waals surface area contributed by atoms with Gasteiger partial charge in [-0.1, -0.05) is 30.3 Å². The van der Waals surface area contributed by atoms with Crippen molar-refractivity contribution in [1.29, 1.82) is 0 Å². The van der Waals surface area contributed by atoms with Gasteiger partial charge in [0.05, 0.1) is 7.11 Å². The molecule has 0 aliphatic carbocycles. The normalized spacial score (nSPS) is 10.7. The average Bonchev–Trinajstić information content (AvgIpc) is 2.72. The Hall–Kier alpha value is -3.40. The second-order valence-corrected chi connectivity index (χ2v) is 6.49. The highest BCUT2D eigenvalue weighted by Crippen LogP contribution is 2.26. The van der Waals surface area contributed by atoms with Gasteiger partial charge in [-0.3, -0.25) is 4.98 Å². The number of anilines is 1. The summed E-state index contributed by atoms with van der Waals surface area (Å²) in [5.74, 6) is 1.79. The van der Waals surface area contributed by atoms with Gasteiger partial charge in [0.15, 0.2) is 0 Å². The van der Waals surface area contributed by atoms with Crippen LogP contribution in [-0.2, 0) is 6.54 Å². The van der Waals surface area contributed by atoms with Crippen molar-refractivity contribution in [1.82, 2.24) is 9.97 Å². The molecule has 0 unspecified atom stereocenters. The summed E-state index contributed by atoms with van der Waals surface area (Å²) < 4.78 is 5.34. The Kier molecular flexibility index (Phi) is 4.71. The van der Waals surface area contributed by atoms with Crippen LogP contribution in [0.1, 0.15) is 11.1 Å². The zero-order valence-electron chi connectivity index (χ0n) is 15.4. The third-order valence-electron chi connectivity index (χ3n) is 4.71. The van der Waals surface area contributed by atoms with Gasteiger partial charge < -0.3 is 10.1 Å². The van der Waals surface area contributed by atoms with E-state index in [9.17, 15) is 0 Å². The lowest BCUT2D eigenvalue weighted by atomic mass is 10.0. The lowest BCUT2D eigenvalue weighted by Gasteiger charge is -2.10. The molecule has 1 N–H and O–H groups in total. The molecule has 4 aromatic rings. The predicted molar refractivity (Wildman–Crippen MR) is 110 cm³/mol. The molecule has 2 aromatic carbocycles. The van der Waals surface area contributed by atoms with Gasteiger partial charge in [0.2, 0.25) is 0 Å².